The third-order valence-corrected chi connectivity index (χ3v) is 2.48. The van der Waals surface area contributed by atoms with Crippen LogP contribution in [-0.4, -0.2) is 10.9 Å². The molecule has 0 aliphatic heterocycles. The Balaban J connectivity index is 3.06. The van der Waals surface area contributed by atoms with Crippen LogP contribution >= 0.6 is 0 Å². The Morgan fingerprint density at radius 2 is 2.14 bits per heavy atom. The van der Waals surface area contributed by atoms with Crippen LogP contribution in [0, 0.1) is 12.8 Å². The number of Topliss-reactive ketones (excluding diaryl/α,β-unsaturated/α-hetero) is 1. The number of carbonyl (C=O) groups is 1. The highest BCUT2D eigenvalue weighted by molar-refractivity contribution is 6.00. The van der Waals surface area contributed by atoms with Crippen molar-refractivity contribution in [2.24, 2.45) is 5.92 Å². The van der Waals surface area contributed by atoms with Crippen molar-refractivity contribution in [3.63, 3.8) is 0 Å². The lowest BCUT2D eigenvalue weighted by atomic mass is 9.95. The summed E-state index contributed by atoms with van der Waals surface area (Å²) in [6, 6.07) is 5.11. The summed E-state index contributed by atoms with van der Waals surface area (Å²) in [4.78, 5) is 11.8. The van der Waals surface area contributed by atoms with Crippen LogP contribution in [0.25, 0.3) is 0 Å². The summed E-state index contributed by atoms with van der Waals surface area (Å²) in [5, 5.41) is 9.53. The van der Waals surface area contributed by atoms with Gasteiger partial charge in [0.05, 0.1) is 5.56 Å². The van der Waals surface area contributed by atoms with Gasteiger partial charge < -0.3 is 5.11 Å². The van der Waals surface area contributed by atoms with Gasteiger partial charge in [-0.1, -0.05) is 25.5 Å². The molecule has 0 fully saturated rings. The maximum absolute atomic E-state index is 11.8. The van der Waals surface area contributed by atoms with Crippen LogP contribution in [0.4, 0.5) is 0 Å². The van der Waals surface area contributed by atoms with Gasteiger partial charge in [-0.25, -0.2) is 0 Å². The average Bonchev–Trinajstić information content (AvgIpc) is 2.19. The van der Waals surface area contributed by atoms with Gasteiger partial charge in [0.15, 0.2) is 5.78 Å². The molecule has 1 unspecified atom stereocenters. The van der Waals surface area contributed by atoms with Gasteiger partial charge in [-0.2, -0.15) is 0 Å². The molecule has 14 heavy (non-hydrogen) atoms. The van der Waals surface area contributed by atoms with Crippen molar-refractivity contribution in [2.45, 2.75) is 27.2 Å². The molecule has 0 amide bonds. The van der Waals surface area contributed by atoms with E-state index in [0.29, 0.717) is 5.56 Å². The number of hydrogen-bond acceptors (Lipinski definition) is 2. The van der Waals surface area contributed by atoms with Crippen molar-refractivity contribution in [3.8, 4) is 5.75 Å². The SMILES string of the molecule is CCC(C)C(=O)c1cc(C)ccc1O. The second kappa shape index (κ2) is 4.27. The molecule has 0 bridgehead atoms. The molecule has 0 saturated heterocycles. The topological polar surface area (TPSA) is 37.3 Å². The fourth-order valence-electron chi connectivity index (χ4n) is 1.30. The molecule has 76 valence electrons. The summed E-state index contributed by atoms with van der Waals surface area (Å²) < 4.78 is 0. The number of carbonyl (C=O) groups excluding carboxylic acids is 1. The average molecular weight is 192 g/mol. The van der Waals surface area contributed by atoms with Gasteiger partial charge in [0.2, 0.25) is 0 Å². The van der Waals surface area contributed by atoms with Crippen molar-refractivity contribution >= 4 is 5.78 Å². The quantitative estimate of drug-likeness (QED) is 0.747. The molecular weight excluding hydrogens is 176 g/mol. The maximum Gasteiger partial charge on any atom is 0.169 e. The Morgan fingerprint density at radius 3 is 2.71 bits per heavy atom. The van der Waals surface area contributed by atoms with E-state index in [1.807, 2.05) is 20.8 Å². The first kappa shape index (κ1) is 10.8. The zero-order valence-corrected chi connectivity index (χ0v) is 8.87. The molecule has 2 heteroatoms. The molecule has 2 nitrogen and oxygen atoms in total. The summed E-state index contributed by atoms with van der Waals surface area (Å²) in [5.41, 5.74) is 1.44. The highest BCUT2D eigenvalue weighted by Crippen LogP contribution is 2.22. The molecular formula is C12H16O2. The van der Waals surface area contributed by atoms with Crippen LogP contribution in [-0.2, 0) is 0 Å². The largest absolute Gasteiger partial charge is 0.507 e. The Bertz CT molecular complexity index is 342. The Morgan fingerprint density at radius 1 is 1.50 bits per heavy atom. The molecule has 0 aliphatic rings. The van der Waals surface area contributed by atoms with Gasteiger partial charge in [0.25, 0.3) is 0 Å². The van der Waals surface area contributed by atoms with E-state index >= 15 is 0 Å². The van der Waals surface area contributed by atoms with E-state index in [2.05, 4.69) is 0 Å². The minimum atomic E-state index is -0.0253. The van der Waals surface area contributed by atoms with Gasteiger partial charge in [-0.3, -0.25) is 4.79 Å². The summed E-state index contributed by atoms with van der Waals surface area (Å²) in [7, 11) is 0. The number of hydrogen-bond donors (Lipinski definition) is 1. The van der Waals surface area contributed by atoms with E-state index in [9.17, 15) is 9.90 Å². The second-order valence-electron chi connectivity index (χ2n) is 3.69. The Hall–Kier alpha value is -1.31. The van der Waals surface area contributed by atoms with E-state index in [4.69, 9.17) is 0 Å². The lowest BCUT2D eigenvalue weighted by Gasteiger charge is -2.09. The summed E-state index contributed by atoms with van der Waals surface area (Å²) in [6.45, 7) is 5.76. The van der Waals surface area contributed by atoms with Crippen molar-refractivity contribution in [3.05, 3.63) is 29.3 Å². The highest BCUT2D eigenvalue weighted by Gasteiger charge is 2.16. The summed E-state index contributed by atoms with van der Waals surface area (Å²) in [6.07, 6.45) is 0.798. The lowest BCUT2D eigenvalue weighted by Crippen LogP contribution is -2.10. The first-order valence-corrected chi connectivity index (χ1v) is 4.90. The molecule has 0 aromatic heterocycles. The number of rotatable bonds is 3. The van der Waals surface area contributed by atoms with Crippen LogP contribution in [0.1, 0.15) is 36.2 Å². The molecule has 1 aromatic rings. The molecule has 1 aromatic carbocycles. The van der Waals surface area contributed by atoms with Crippen molar-refractivity contribution in [1.82, 2.24) is 0 Å². The number of phenols is 1. The number of aromatic hydroxyl groups is 1. The first-order valence-electron chi connectivity index (χ1n) is 4.90. The van der Waals surface area contributed by atoms with Crippen molar-refractivity contribution in [2.75, 3.05) is 0 Å². The molecule has 0 heterocycles. The molecule has 1 atom stereocenters. The molecule has 1 N–H and O–H groups in total. The van der Waals surface area contributed by atoms with Crippen LogP contribution in [0.5, 0.6) is 5.75 Å². The fourth-order valence-corrected chi connectivity index (χ4v) is 1.30. The van der Waals surface area contributed by atoms with Crippen LogP contribution in [0.15, 0.2) is 18.2 Å². The van der Waals surface area contributed by atoms with Gasteiger partial charge in [0, 0.05) is 5.92 Å². The number of ketones is 1. The monoisotopic (exact) mass is 192 g/mol. The molecule has 0 saturated carbocycles. The first-order chi connectivity index (χ1) is 6.56. The van der Waals surface area contributed by atoms with E-state index in [1.54, 1.807) is 18.2 Å². The predicted octanol–water partition coefficient (Wildman–Crippen LogP) is 2.93. The zero-order chi connectivity index (χ0) is 10.7. The molecule has 0 aliphatic carbocycles. The maximum atomic E-state index is 11.8. The van der Waals surface area contributed by atoms with Gasteiger partial charge >= 0.3 is 0 Å². The van der Waals surface area contributed by atoms with Crippen LogP contribution < -0.4 is 0 Å². The summed E-state index contributed by atoms with van der Waals surface area (Å²) in [5.74, 6) is 0.0808. The molecule has 0 spiro atoms. The molecule has 0 radical (unpaired) electrons. The number of aryl methyl sites for hydroxylation is 1. The fraction of sp³-hybridized carbons (Fsp3) is 0.417. The lowest BCUT2D eigenvalue weighted by molar-refractivity contribution is 0.0924. The number of phenolic OH excluding ortho intramolecular Hbond substituents is 1. The van der Waals surface area contributed by atoms with Crippen LogP contribution in [0.3, 0.4) is 0 Å². The molecule has 1 rings (SSSR count). The summed E-state index contributed by atoms with van der Waals surface area (Å²) >= 11 is 0. The van der Waals surface area contributed by atoms with E-state index in [1.165, 1.54) is 0 Å². The second-order valence-corrected chi connectivity index (χ2v) is 3.69. The third-order valence-electron chi connectivity index (χ3n) is 2.48. The highest BCUT2D eigenvalue weighted by atomic mass is 16.3. The normalized spacial score (nSPS) is 12.5. The van der Waals surface area contributed by atoms with Gasteiger partial charge in [-0.15, -0.1) is 0 Å². The van der Waals surface area contributed by atoms with Gasteiger partial charge in [0.1, 0.15) is 5.75 Å². The number of benzene rings is 1. The minimum Gasteiger partial charge on any atom is -0.507 e. The van der Waals surface area contributed by atoms with Crippen molar-refractivity contribution < 1.29 is 9.90 Å². The zero-order valence-electron chi connectivity index (χ0n) is 8.87. The minimum absolute atomic E-state index is 0.0219. The Kier molecular flexibility index (Phi) is 3.28. The van der Waals surface area contributed by atoms with Gasteiger partial charge in [-0.05, 0) is 25.5 Å². The van der Waals surface area contributed by atoms with E-state index in [-0.39, 0.29) is 17.5 Å². The Labute approximate surface area is 84.6 Å². The predicted molar refractivity (Wildman–Crippen MR) is 56.6 cm³/mol. The van der Waals surface area contributed by atoms with E-state index < -0.39 is 0 Å². The smallest absolute Gasteiger partial charge is 0.169 e. The van der Waals surface area contributed by atoms with Crippen LogP contribution in [0.2, 0.25) is 0 Å². The van der Waals surface area contributed by atoms with Crippen molar-refractivity contribution in [1.29, 1.82) is 0 Å². The standard InChI is InChI=1S/C12H16O2/c1-4-9(3)12(14)10-7-8(2)5-6-11(10)13/h5-7,9,13H,4H2,1-3H3. The third kappa shape index (κ3) is 2.13. The van der Waals surface area contributed by atoms with E-state index in [0.717, 1.165) is 12.0 Å².